The van der Waals surface area contributed by atoms with Crippen LogP contribution in [0.1, 0.15) is 45.1 Å². The van der Waals surface area contributed by atoms with Crippen LogP contribution >= 0.6 is 7.37 Å². The van der Waals surface area contributed by atoms with Crippen LogP contribution in [-0.2, 0) is 11.0 Å². The number of ether oxygens (including phenoxy) is 1. The molecule has 1 aromatic rings. The highest BCUT2D eigenvalue weighted by Gasteiger charge is 2.18. The summed E-state index contributed by atoms with van der Waals surface area (Å²) in [6, 6.07) is 7.67. The zero-order valence-electron chi connectivity index (χ0n) is 13.1. The average Bonchev–Trinajstić information content (AvgIpc) is 2.42. The van der Waals surface area contributed by atoms with E-state index in [9.17, 15) is 9.46 Å². The summed E-state index contributed by atoms with van der Waals surface area (Å²) < 4.78 is 17.4. The first-order valence-corrected chi connectivity index (χ1v) is 9.74. The van der Waals surface area contributed by atoms with Gasteiger partial charge in [0.25, 0.3) is 0 Å². The van der Waals surface area contributed by atoms with Crippen molar-refractivity contribution in [3.05, 3.63) is 29.8 Å². The van der Waals surface area contributed by atoms with Crippen LogP contribution < -0.4 is 10.5 Å². The third kappa shape index (κ3) is 8.25. The van der Waals surface area contributed by atoms with Gasteiger partial charge in [0, 0.05) is 12.2 Å². The van der Waals surface area contributed by atoms with Crippen LogP contribution in [0, 0.1) is 0 Å². The van der Waals surface area contributed by atoms with E-state index in [1.807, 2.05) is 31.2 Å². The molecule has 120 valence electrons. The summed E-state index contributed by atoms with van der Waals surface area (Å²) in [5.74, 6) is 0.631. The third-order valence-corrected chi connectivity index (χ3v) is 4.82. The molecule has 1 unspecified atom stereocenters. The monoisotopic (exact) mass is 313 g/mol. The summed E-state index contributed by atoms with van der Waals surface area (Å²) in [6.07, 6.45) is 5.09. The highest BCUT2D eigenvalue weighted by atomic mass is 31.2. The standard InChI is InChI=1S/C16H28NO3P/c1-3-4-5-6-11-21(18,19)13-20-16-9-7-15(8-10-16)12-14(2)17/h7-10,14H,3-6,11-13,17H2,1-2H3,(H,18,19)/t14-/m1/s1. The maximum absolute atomic E-state index is 12.0. The Morgan fingerprint density at radius 2 is 1.90 bits per heavy atom. The second kappa shape index (κ2) is 9.24. The molecule has 5 heteroatoms. The van der Waals surface area contributed by atoms with Crippen molar-refractivity contribution in [1.82, 2.24) is 0 Å². The molecule has 1 rings (SSSR count). The molecule has 0 bridgehead atoms. The van der Waals surface area contributed by atoms with Gasteiger partial charge in [0.1, 0.15) is 5.75 Å². The summed E-state index contributed by atoms with van der Waals surface area (Å²) in [6.45, 7) is 4.09. The Kier molecular flexibility index (Phi) is 8.02. The highest BCUT2D eigenvalue weighted by molar-refractivity contribution is 7.57. The van der Waals surface area contributed by atoms with Gasteiger partial charge in [-0.2, -0.15) is 0 Å². The van der Waals surface area contributed by atoms with Crippen molar-refractivity contribution in [2.24, 2.45) is 5.73 Å². The van der Waals surface area contributed by atoms with Crippen molar-refractivity contribution in [3.63, 3.8) is 0 Å². The Morgan fingerprint density at radius 3 is 2.48 bits per heavy atom. The fourth-order valence-corrected chi connectivity index (χ4v) is 3.32. The van der Waals surface area contributed by atoms with E-state index in [-0.39, 0.29) is 12.4 Å². The number of benzene rings is 1. The molecule has 0 fully saturated rings. The van der Waals surface area contributed by atoms with Crippen LogP contribution in [0.2, 0.25) is 0 Å². The molecular formula is C16H28NO3P. The van der Waals surface area contributed by atoms with Crippen molar-refractivity contribution in [3.8, 4) is 5.75 Å². The van der Waals surface area contributed by atoms with Crippen molar-refractivity contribution in [1.29, 1.82) is 0 Å². The van der Waals surface area contributed by atoms with Gasteiger partial charge in [-0.05, 0) is 37.5 Å². The lowest BCUT2D eigenvalue weighted by Crippen LogP contribution is -2.17. The molecule has 0 radical (unpaired) electrons. The smallest absolute Gasteiger partial charge is 0.236 e. The first kappa shape index (κ1) is 18.2. The van der Waals surface area contributed by atoms with Crippen LogP contribution in [-0.4, -0.2) is 23.4 Å². The molecule has 0 aliphatic rings. The van der Waals surface area contributed by atoms with Crippen LogP contribution in [0.3, 0.4) is 0 Å². The fraction of sp³-hybridized carbons (Fsp3) is 0.625. The fourth-order valence-electron chi connectivity index (χ4n) is 2.12. The lowest BCUT2D eigenvalue weighted by molar-refractivity contribution is 0.349. The number of hydrogen-bond donors (Lipinski definition) is 2. The van der Waals surface area contributed by atoms with Crippen LogP contribution in [0.25, 0.3) is 0 Å². The Balaban J connectivity index is 2.37. The number of hydrogen-bond acceptors (Lipinski definition) is 3. The zero-order valence-corrected chi connectivity index (χ0v) is 14.0. The third-order valence-electron chi connectivity index (χ3n) is 3.28. The number of rotatable bonds is 10. The Morgan fingerprint density at radius 1 is 1.24 bits per heavy atom. The largest absolute Gasteiger partial charge is 0.484 e. The zero-order chi connectivity index (χ0) is 15.7. The number of nitrogens with two attached hydrogens (primary N) is 1. The van der Waals surface area contributed by atoms with E-state index in [1.165, 1.54) is 0 Å². The molecule has 0 aromatic heterocycles. The molecule has 0 aliphatic heterocycles. The Hall–Kier alpha value is -0.830. The minimum Gasteiger partial charge on any atom is -0.484 e. The van der Waals surface area contributed by atoms with E-state index in [4.69, 9.17) is 10.5 Å². The molecule has 3 N–H and O–H groups in total. The van der Waals surface area contributed by atoms with Crippen molar-refractivity contribution >= 4 is 7.37 Å². The molecule has 0 saturated heterocycles. The molecule has 0 spiro atoms. The van der Waals surface area contributed by atoms with Gasteiger partial charge in [-0.25, -0.2) is 0 Å². The Bertz CT molecular complexity index is 445. The van der Waals surface area contributed by atoms with E-state index in [0.29, 0.717) is 11.9 Å². The molecule has 4 nitrogen and oxygen atoms in total. The molecule has 0 saturated carbocycles. The summed E-state index contributed by atoms with van der Waals surface area (Å²) in [5, 5.41) is 0. The predicted octanol–water partition coefficient (Wildman–Crippen LogP) is 3.76. The van der Waals surface area contributed by atoms with Gasteiger partial charge in [-0.1, -0.05) is 38.3 Å². The highest BCUT2D eigenvalue weighted by Crippen LogP contribution is 2.41. The molecular weight excluding hydrogens is 285 g/mol. The quantitative estimate of drug-likeness (QED) is 0.509. The molecule has 0 amide bonds. The molecule has 2 atom stereocenters. The second-order valence-electron chi connectivity index (χ2n) is 5.73. The topological polar surface area (TPSA) is 72.5 Å². The van der Waals surface area contributed by atoms with E-state index in [0.717, 1.165) is 37.7 Å². The van der Waals surface area contributed by atoms with E-state index >= 15 is 0 Å². The van der Waals surface area contributed by atoms with Gasteiger partial charge in [0.15, 0.2) is 6.35 Å². The number of unbranched alkanes of at least 4 members (excludes halogenated alkanes) is 3. The minimum absolute atomic E-state index is 0.105. The Labute approximate surface area is 128 Å². The average molecular weight is 313 g/mol. The van der Waals surface area contributed by atoms with E-state index in [1.54, 1.807) is 0 Å². The summed E-state index contributed by atoms with van der Waals surface area (Å²) in [5.41, 5.74) is 6.89. The second-order valence-corrected chi connectivity index (χ2v) is 8.13. The maximum atomic E-state index is 12.0. The van der Waals surface area contributed by atoms with Gasteiger partial charge in [0.05, 0.1) is 0 Å². The molecule has 21 heavy (non-hydrogen) atoms. The van der Waals surface area contributed by atoms with E-state index in [2.05, 4.69) is 6.92 Å². The molecule has 0 aliphatic carbocycles. The van der Waals surface area contributed by atoms with E-state index < -0.39 is 7.37 Å². The maximum Gasteiger partial charge on any atom is 0.236 e. The summed E-state index contributed by atoms with van der Waals surface area (Å²) >= 11 is 0. The first-order valence-electron chi connectivity index (χ1n) is 7.71. The van der Waals surface area contributed by atoms with Gasteiger partial charge in [-0.15, -0.1) is 0 Å². The van der Waals surface area contributed by atoms with Crippen molar-refractivity contribution in [2.45, 2.75) is 52.0 Å². The predicted molar refractivity (Wildman–Crippen MR) is 88.1 cm³/mol. The van der Waals surface area contributed by atoms with Gasteiger partial charge in [-0.3, -0.25) is 4.57 Å². The van der Waals surface area contributed by atoms with Crippen LogP contribution in [0.5, 0.6) is 5.75 Å². The summed E-state index contributed by atoms with van der Waals surface area (Å²) in [7, 11) is -3.17. The molecule has 0 heterocycles. The van der Waals surface area contributed by atoms with Gasteiger partial charge < -0.3 is 15.4 Å². The SMILES string of the molecule is CCCCCCP(=O)(O)COc1ccc(C[C@@H](C)N)cc1. The lowest BCUT2D eigenvalue weighted by Gasteiger charge is -2.13. The normalized spacial score (nSPS) is 15.4. The van der Waals surface area contributed by atoms with Gasteiger partial charge >= 0.3 is 0 Å². The minimum atomic E-state index is -3.17. The van der Waals surface area contributed by atoms with Crippen molar-refractivity contribution in [2.75, 3.05) is 12.5 Å². The van der Waals surface area contributed by atoms with Crippen LogP contribution in [0.4, 0.5) is 0 Å². The first-order chi connectivity index (χ1) is 9.93. The lowest BCUT2D eigenvalue weighted by atomic mass is 10.1. The van der Waals surface area contributed by atoms with Crippen molar-refractivity contribution < 1.29 is 14.2 Å². The van der Waals surface area contributed by atoms with Gasteiger partial charge in [0.2, 0.25) is 7.37 Å². The molecule has 1 aromatic carbocycles. The van der Waals surface area contributed by atoms with Crippen LogP contribution in [0.15, 0.2) is 24.3 Å². The summed E-state index contributed by atoms with van der Waals surface area (Å²) in [4.78, 5) is 9.86.